The molecule has 0 aliphatic rings. The number of hydrogen-bond acceptors (Lipinski definition) is 9. The van der Waals surface area contributed by atoms with E-state index in [1.807, 2.05) is 0 Å². The normalized spacial score (nSPS) is 12.1. The molecule has 0 radical (unpaired) electrons. The van der Waals surface area contributed by atoms with E-state index in [2.05, 4.69) is 19.5 Å². The van der Waals surface area contributed by atoms with Crippen molar-refractivity contribution in [3.63, 3.8) is 0 Å². The monoisotopic (exact) mass is 335 g/mol. The number of amidine groups is 1. The highest BCUT2D eigenvalue weighted by Gasteiger charge is 2.16. The molecule has 1 atom stereocenters. The molecular formula is C12H21N3O8. The highest BCUT2D eigenvalue weighted by atomic mass is 16.8. The molecule has 0 aliphatic heterocycles. The van der Waals surface area contributed by atoms with Gasteiger partial charge in [-0.3, -0.25) is 9.63 Å². The number of nitrogens with zero attached hydrogens (tertiary/aromatic N) is 2. The maximum atomic E-state index is 11.2. The number of oxime groups is 1. The number of aliphatic carboxylic acids is 1. The maximum absolute atomic E-state index is 11.2. The zero-order valence-corrected chi connectivity index (χ0v) is 13.2. The van der Waals surface area contributed by atoms with Gasteiger partial charge in [0, 0.05) is 6.92 Å². The lowest BCUT2D eigenvalue weighted by Crippen LogP contribution is -2.34. The molecule has 3 N–H and O–H groups in total. The zero-order valence-electron chi connectivity index (χ0n) is 13.2. The SMILES string of the molecule is COC(=O)O/N=C(\C)N(CCCCC(N)C(=O)O)OC(=O)OC. The Labute approximate surface area is 132 Å². The summed E-state index contributed by atoms with van der Waals surface area (Å²) in [5.74, 6) is -1.03. The fourth-order valence-corrected chi connectivity index (χ4v) is 1.33. The lowest BCUT2D eigenvalue weighted by atomic mass is 10.1. The minimum Gasteiger partial charge on any atom is -0.480 e. The molecule has 0 bridgehead atoms. The number of hydrogen-bond donors (Lipinski definition) is 2. The molecule has 0 amide bonds. The lowest BCUT2D eigenvalue weighted by Gasteiger charge is -2.21. The van der Waals surface area contributed by atoms with E-state index in [0.29, 0.717) is 12.8 Å². The fourth-order valence-electron chi connectivity index (χ4n) is 1.33. The van der Waals surface area contributed by atoms with Gasteiger partial charge in [-0.2, -0.15) is 5.06 Å². The van der Waals surface area contributed by atoms with Crippen LogP contribution in [0.25, 0.3) is 0 Å². The number of nitrogens with two attached hydrogens (primary N) is 1. The van der Waals surface area contributed by atoms with Crippen LogP contribution in [0.3, 0.4) is 0 Å². The van der Waals surface area contributed by atoms with Crippen molar-refractivity contribution in [1.29, 1.82) is 0 Å². The van der Waals surface area contributed by atoms with Crippen LogP contribution in [-0.2, 0) is 23.9 Å². The van der Waals surface area contributed by atoms with E-state index in [4.69, 9.17) is 15.7 Å². The molecule has 0 spiro atoms. The van der Waals surface area contributed by atoms with Gasteiger partial charge >= 0.3 is 18.3 Å². The van der Waals surface area contributed by atoms with Crippen molar-refractivity contribution in [1.82, 2.24) is 5.06 Å². The van der Waals surface area contributed by atoms with Gasteiger partial charge < -0.3 is 25.2 Å². The van der Waals surface area contributed by atoms with Crippen molar-refractivity contribution in [3.8, 4) is 0 Å². The second-order valence-electron chi connectivity index (χ2n) is 4.27. The van der Waals surface area contributed by atoms with Gasteiger partial charge in [0.15, 0.2) is 5.84 Å². The highest BCUT2D eigenvalue weighted by molar-refractivity contribution is 5.80. The Balaban J connectivity index is 4.53. The van der Waals surface area contributed by atoms with Crippen LogP contribution in [0.1, 0.15) is 26.2 Å². The molecule has 23 heavy (non-hydrogen) atoms. The molecule has 132 valence electrons. The zero-order chi connectivity index (χ0) is 17.8. The molecule has 0 rings (SSSR count). The van der Waals surface area contributed by atoms with Gasteiger partial charge in [-0.15, -0.1) is 0 Å². The fraction of sp³-hybridized carbons (Fsp3) is 0.667. The summed E-state index contributed by atoms with van der Waals surface area (Å²) in [6.07, 6.45) is -0.839. The summed E-state index contributed by atoms with van der Waals surface area (Å²) in [6, 6.07) is -0.956. The summed E-state index contributed by atoms with van der Waals surface area (Å²) in [7, 11) is 2.24. The number of methoxy groups -OCH3 is 2. The summed E-state index contributed by atoms with van der Waals surface area (Å²) < 4.78 is 8.61. The molecule has 0 saturated carbocycles. The van der Waals surface area contributed by atoms with Gasteiger partial charge in [0.1, 0.15) is 6.04 Å². The number of ether oxygens (including phenoxy) is 2. The Morgan fingerprint density at radius 1 is 1.17 bits per heavy atom. The smallest absolute Gasteiger partial charge is 0.480 e. The average molecular weight is 335 g/mol. The molecule has 0 aromatic carbocycles. The lowest BCUT2D eigenvalue weighted by molar-refractivity contribution is -0.138. The van der Waals surface area contributed by atoms with Crippen molar-refractivity contribution in [2.24, 2.45) is 10.9 Å². The van der Waals surface area contributed by atoms with Crippen molar-refractivity contribution in [2.75, 3.05) is 20.8 Å². The minimum atomic E-state index is -1.09. The molecule has 0 aliphatic carbocycles. The summed E-state index contributed by atoms with van der Waals surface area (Å²) >= 11 is 0. The van der Waals surface area contributed by atoms with Gasteiger partial charge in [-0.1, -0.05) is 5.16 Å². The van der Waals surface area contributed by atoms with E-state index in [0.717, 1.165) is 19.3 Å². The molecular weight excluding hydrogens is 314 g/mol. The summed E-state index contributed by atoms with van der Waals surface area (Å²) in [5.41, 5.74) is 5.38. The van der Waals surface area contributed by atoms with Crippen molar-refractivity contribution in [3.05, 3.63) is 0 Å². The standard InChI is InChI=1S/C12H21N3O8/c1-8(14-22-11(18)20-2)15(23-12(19)21-3)7-5-4-6-9(13)10(16)17/h9H,4-7,13H2,1-3H3,(H,16,17)/b14-8+. The van der Waals surface area contributed by atoms with Crippen LogP contribution in [0.2, 0.25) is 0 Å². The average Bonchev–Trinajstić information content (AvgIpc) is 2.54. The Kier molecular flexibility index (Phi) is 9.83. The largest absolute Gasteiger partial charge is 0.534 e. The van der Waals surface area contributed by atoms with Gasteiger partial charge in [0.05, 0.1) is 20.8 Å². The van der Waals surface area contributed by atoms with Crippen molar-refractivity contribution < 1.29 is 38.6 Å². The number of unbranched alkanes of at least 4 members (excludes halogenated alkanes) is 1. The Hall–Kier alpha value is -2.56. The molecule has 1 unspecified atom stereocenters. The quantitative estimate of drug-likeness (QED) is 0.170. The third-order valence-corrected chi connectivity index (χ3v) is 2.57. The molecule has 0 aromatic heterocycles. The Bertz CT molecular complexity index is 440. The predicted octanol–water partition coefficient (Wildman–Crippen LogP) is 0.685. The van der Waals surface area contributed by atoms with E-state index in [-0.39, 0.29) is 18.8 Å². The maximum Gasteiger partial charge on any atom is 0.534 e. The van der Waals surface area contributed by atoms with Crippen LogP contribution in [0.4, 0.5) is 9.59 Å². The van der Waals surface area contributed by atoms with Crippen LogP contribution in [-0.4, -0.2) is 61.1 Å². The Morgan fingerprint density at radius 3 is 2.30 bits per heavy atom. The van der Waals surface area contributed by atoms with Crippen molar-refractivity contribution in [2.45, 2.75) is 32.2 Å². The van der Waals surface area contributed by atoms with E-state index in [1.165, 1.54) is 6.92 Å². The van der Waals surface area contributed by atoms with Gasteiger partial charge in [-0.05, 0) is 19.3 Å². The summed E-state index contributed by atoms with van der Waals surface area (Å²) in [5, 5.41) is 13.2. The van der Waals surface area contributed by atoms with Crippen LogP contribution < -0.4 is 5.73 Å². The molecule has 11 nitrogen and oxygen atoms in total. The van der Waals surface area contributed by atoms with Gasteiger partial charge in [0.2, 0.25) is 0 Å². The molecule has 11 heteroatoms. The molecule has 0 fully saturated rings. The van der Waals surface area contributed by atoms with Gasteiger partial charge in [-0.25, -0.2) is 9.59 Å². The number of carboxylic acids is 1. The number of carbonyl (C=O) groups is 3. The van der Waals surface area contributed by atoms with Crippen LogP contribution in [0.15, 0.2) is 5.16 Å². The number of hydroxylamine groups is 2. The minimum absolute atomic E-state index is 0.0586. The second-order valence-corrected chi connectivity index (χ2v) is 4.27. The first kappa shape index (κ1) is 20.4. The first-order chi connectivity index (χ1) is 10.8. The molecule has 0 aromatic rings. The van der Waals surface area contributed by atoms with Crippen LogP contribution >= 0.6 is 0 Å². The summed E-state index contributed by atoms with van der Waals surface area (Å²) in [4.78, 5) is 41.8. The first-order valence-electron chi connectivity index (χ1n) is 6.63. The third-order valence-electron chi connectivity index (χ3n) is 2.57. The topological polar surface area (TPSA) is 150 Å². The van der Waals surface area contributed by atoms with Crippen molar-refractivity contribution >= 4 is 24.1 Å². The number of rotatable bonds is 7. The third kappa shape index (κ3) is 9.14. The van der Waals surface area contributed by atoms with E-state index in [1.54, 1.807) is 0 Å². The van der Waals surface area contributed by atoms with Crippen LogP contribution in [0.5, 0.6) is 0 Å². The number of carbonyl (C=O) groups excluding carboxylic acids is 2. The molecule has 0 saturated heterocycles. The highest BCUT2D eigenvalue weighted by Crippen LogP contribution is 2.05. The first-order valence-corrected chi connectivity index (χ1v) is 6.63. The summed E-state index contributed by atoms with van der Waals surface area (Å²) in [6.45, 7) is 1.59. The second kappa shape index (κ2) is 11.1. The van der Waals surface area contributed by atoms with E-state index >= 15 is 0 Å². The number of carboxylic acid groups (broad SMARTS) is 1. The van der Waals surface area contributed by atoms with Gasteiger partial charge in [0.25, 0.3) is 0 Å². The molecule has 0 heterocycles. The van der Waals surface area contributed by atoms with Crippen LogP contribution in [0, 0.1) is 0 Å². The van der Waals surface area contributed by atoms with E-state index < -0.39 is 24.3 Å². The Morgan fingerprint density at radius 2 is 1.78 bits per heavy atom. The predicted molar refractivity (Wildman–Crippen MR) is 76.3 cm³/mol. The van der Waals surface area contributed by atoms with E-state index in [9.17, 15) is 14.4 Å².